The summed E-state index contributed by atoms with van der Waals surface area (Å²) in [6, 6.07) is 16.6. The third-order valence-corrected chi connectivity index (χ3v) is 7.50. The zero-order chi connectivity index (χ0) is 26.1. The Morgan fingerprint density at radius 3 is 2.14 bits per heavy atom. The molecule has 0 spiro atoms. The second-order valence-electron chi connectivity index (χ2n) is 8.07. The van der Waals surface area contributed by atoms with Crippen molar-refractivity contribution in [2.45, 2.75) is 24.5 Å². The van der Waals surface area contributed by atoms with Crippen molar-refractivity contribution < 1.29 is 31.2 Å². The fourth-order valence-corrected chi connectivity index (χ4v) is 4.55. The Bertz CT molecular complexity index is 1540. The molecule has 0 saturated carbocycles. The van der Waals surface area contributed by atoms with Crippen LogP contribution in [0.1, 0.15) is 38.8 Å². The Kier molecular flexibility index (Phi) is 6.73. The van der Waals surface area contributed by atoms with Gasteiger partial charge in [0, 0.05) is 29.3 Å². The summed E-state index contributed by atoms with van der Waals surface area (Å²) in [5.74, 6) is -0.850. The molecule has 36 heavy (non-hydrogen) atoms. The number of aromatic nitrogens is 1. The van der Waals surface area contributed by atoms with Gasteiger partial charge in [-0.15, -0.1) is 0 Å². The van der Waals surface area contributed by atoms with Gasteiger partial charge in [0.1, 0.15) is 0 Å². The second-order valence-corrected chi connectivity index (χ2v) is 10.3. The van der Waals surface area contributed by atoms with E-state index in [1.807, 2.05) is 0 Å². The lowest BCUT2D eigenvalue weighted by Crippen LogP contribution is -2.22. The zero-order valence-corrected chi connectivity index (χ0v) is 19.9. The van der Waals surface area contributed by atoms with E-state index in [2.05, 4.69) is 5.32 Å². The largest absolute Gasteiger partial charge is 0.416 e. The molecule has 10 heteroatoms. The Morgan fingerprint density at radius 2 is 1.53 bits per heavy atom. The third-order valence-electron chi connectivity index (χ3n) is 5.75. The van der Waals surface area contributed by atoms with Crippen LogP contribution in [0.5, 0.6) is 0 Å². The first-order valence-corrected chi connectivity index (χ1v) is 12.6. The maximum Gasteiger partial charge on any atom is 0.416 e. The van der Waals surface area contributed by atoms with Gasteiger partial charge in [-0.1, -0.05) is 19.1 Å². The molecule has 0 saturated heterocycles. The first kappa shape index (κ1) is 25.2. The number of rotatable bonds is 6. The fraction of sp³-hybridized carbons (Fsp3) is 0.154. The van der Waals surface area contributed by atoms with E-state index in [9.17, 15) is 31.2 Å². The van der Waals surface area contributed by atoms with E-state index in [1.54, 1.807) is 43.3 Å². The number of benzene rings is 3. The summed E-state index contributed by atoms with van der Waals surface area (Å²) in [4.78, 5) is 25.7. The first-order chi connectivity index (χ1) is 17.0. The van der Waals surface area contributed by atoms with Gasteiger partial charge in [0.05, 0.1) is 21.7 Å². The molecule has 0 fully saturated rings. The van der Waals surface area contributed by atoms with E-state index < -0.39 is 27.5 Å². The number of sulfone groups is 1. The topological polar surface area (TPSA) is 85.2 Å². The van der Waals surface area contributed by atoms with Gasteiger partial charge in [0.25, 0.3) is 11.8 Å². The van der Waals surface area contributed by atoms with Crippen LogP contribution in [0.3, 0.4) is 0 Å². The summed E-state index contributed by atoms with van der Waals surface area (Å²) in [5, 5.41) is 3.38. The molecule has 1 heterocycles. The highest BCUT2D eigenvalue weighted by molar-refractivity contribution is 7.91. The Hall–Kier alpha value is -3.92. The Labute approximate surface area is 205 Å². The van der Waals surface area contributed by atoms with Gasteiger partial charge in [0.15, 0.2) is 9.84 Å². The van der Waals surface area contributed by atoms with Crippen molar-refractivity contribution in [2.24, 2.45) is 0 Å². The lowest BCUT2D eigenvalue weighted by atomic mass is 10.1. The number of nitrogens with zero attached hydrogens (tertiary/aromatic N) is 1. The van der Waals surface area contributed by atoms with Crippen molar-refractivity contribution in [2.75, 3.05) is 5.75 Å². The molecular formula is C26H21F3N2O4S. The molecule has 0 aliphatic rings. The van der Waals surface area contributed by atoms with E-state index in [-0.39, 0.29) is 28.7 Å². The highest BCUT2D eigenvalue weighted by Gasteiger charge is 2.30. The van der Waals surface area contributed by atoms with Crippen LogP contribution >= 0.6 is 0 Å². The summed E-state index contributed by atoms with van der Waals surface area (Å²) in [6.07, 6.45) is -2.99. The van der Waals surface area contributed by atoms with Crippen LogP contribution in [-0.4, -0.2) is 30.6 Å². The molecule has 1 N–H and O–H groups in total. The average Bonchev–Trinajstić information content (AvgIpc) is 3.30. The molecule has 1 aromatic heterocycles. The van der Waals surface area contributed by atoms with Gasteiger partial charge < -0.3 is 5.32 Å². The zero-order valence-electron chi connectivity index (χ0n) is 19.0. The van der Waals surface area contributed by atoms with Crippen LogP contribution < -0.4 is 5.32 Å². The maximum absolute atomic E-state index is 12.8. The summed E-state index contributed by atoms with van der Waals surface area (Å²) in [5.41, 5.74) is 0.846. The predicted molar refractivity (Wildman–Crippen MR) is 128 cm³/mol. The lowest BCUT2D eigenvalue weighted by Gasteiger charge is -2.09. The maximum atomic E-state index is 12.8. The highest BCUT2D eigenvalue weighted by atomic mass is 32.2. The van der Waals surface area contributed by atoms with E-state index in [1.165, 1.54) is 22.9 Å². The van der Waals surface area contributed by atoms with Crippen LogP contribution in [0.2, 0.25) is 0 Å². The van der Waals surface area contributed by atoms with Crippen LogP contribution in [0.15, 0.2) is 83.9 Å². The lowest BCUT2D eigenvalue weighted by molar-refractivity contribution is -0.137. The van der Waals surface area contributed by atoms with Gasteiger partial charge in [-0.2, -0.15) is 13.2 Å². The molecule has 186 valence electrons. The number of fused-ring (bicyclic) bond motifs is 1. The number of hydrogen-bond donors (Lipinski definition) is 1. The van der Waals surface area contributed by atoms with Crippen molar-refractivity contribution in [3.8, 4) is 0 Å². The molecule has 0 aliphatic heterocycles. The van der Waals surface area contributed by atoms with Gasteiger partial charge in [-0.05, 0) is 66.2 Å². The van der Waals surface area contributed by atoms with Gasteiger partial charge in [-0.3, -0.25) is 14.2 Å². The van der Waals surface area contributed by atoms with Crippen molar-refractivity contribution in [1.82, 2.24) is 9.88 Å². The van der Waals surface area contributed by atoms with Crippen LogP contribution in [0.25, 0.3) is 10.9 Å². The van der Waals surface area contributed by atoms with Crippen molar-refractivity contribution in [3.63, 3.8) is 0 Å². The number of carbonyl (C=O) groups excluding carboxylic acids is 2. The second kappa shape index (κ2) is 9.62. The average molecular weight is 515 g/mol. The van der Waals surface area contributed by atoms with Gasteiger partial charge in [0.2, 0.25) is 0 Å². The summed E-state index contributed by atoms with van der Waals surface area (Å²) in [6.45, 7) is 1.76. The number of carbonyl (C=O) groups is 2. The van der Waals surface area contributed by atoms with Crippen LogP contribution in [0, 0.1) is 0 Å². The van der Waals surface area contributed by atoms with Crippen LogP contribution in [0.4, 0.5) is 13.2 Å². The molecule has 4 aromatic rings. The fourth-order valence-electron chi connectivity index (χ4n) is 3.67. The summed E-state index contributed by atoms with van der Waals surface area (Å²) >= 11 is 0. The smallest absolute Gasteiger partial charge is 0.348 e. The number of hydrogen-bond acceptors (Lipinski definition) is 4. The molecule has 0 atom stereocenters. The molecule has 3 aromatic carbocycles. The van der Waals surface area contributed by atoms with Crippen molar-refractivity contribution in [1.29, 1.82) is 0 Å². The molecule has 1 amide bonds. The SMILES string of the molecule is CCS(=O)(=O)c1ccc(CNC(=O)c2ccc3c(ccn3C(=O)c3ccc(C(F)(F)F)cc3)c2)cc1. The van der Waals surface area contributed by atoms with E-state index in [4.69, 9.17) is 0 Å². The highest BCUT2D eigenvalue weighted by Crippen LogP contribution is 2.29. The minimum atomic E-state index is -4.49. The summed E-state index contributed by atoms with van der Waals surface area (Å²) in [7, 11) is -3.30. The third kappa shape index (κ3) is 5.18. The van der Waals surface area contributed by atoms with E-state index in [0.717, 1.165) is 29.8 Å². The molecule has 6 nitrogen and oxygen atoms in total. The Balaban J connectivity index is 1.47. The summed E-state index contributed by atoms with van der Waals surface area (Å²) < 4.78 is 63.5. The number of amides is 1. The number of nitrogens with one attached hydrogen (secondary N) is 1. The predicted octanol–water partition coefficient (Wildman–Crippen LogP) is 5.07. The monoisotopic (exact) mass is 514 g/mol. The van der Waals surface area contributed by atoms with Crippen molar-refractivity contribution >= 4 is 32.6 Å². The minimum Gasteiger partial charge on any atom is -0.348 e. The Morgan fingerprint density at radius 1 is 0.889 bits per heavy atom. The molecule has 0 aliphatic carbocycles. The van der Waals surface area contributed by atoms with E-state index in [0.29, 0.717) is 16.5 Å². The molecule has 0 unspecified atom stereocenters. The van der Waals surface area contributed by atoms with E-state index >= 15 is 0 Å². The van der Waals surface area contributed by atoms with Gasteiger partial charge >= 0.3 is 6.18 Å². The normalized spacial score (nSPS) is 12.0. The van der Waals surface area contributed by atoms with Gasteiger partial charge in [-0.25, -0.2) is 8.42 Å². The first-order valence-electron chi connectivity index (χ1n) is 10.9. The molecular weight excluding hydrogens is 493 g/mol. The molecule has 0 bridgehead atoms. The quantitative estimate of drug-likeness (QED) is 0.389. The standard InChI is InChI=1S/C26H21F3N2O4S/c1-2-36(34,35)22-10-3-17(4-11-22)16-30-24(32)20-7-12-23-19(15-20)13-14-31(23)25(33)18-5-8-21(9-6-18)26(27,28)29/h3-15H,2,16H2,1H3,(H,30,32). The molecule has 0 radical (unpaired) electrons. The van der Waals surface area contributed by atoms with Crippen molar-refractivity contribution in [3.05, 3.63) is 101 Å². The number of alkyl halides is 3. The molecule has 4 rings (SSSR count). The van der Waals surface area contributed by atoms with Crippen LogP contribution in [-0.2, 0) is 22.6 Å². The minimum absolute atomic E-state index is 0.00320. The number of halogens is 3.